The average molecular weight is 223 g/mol. The van der Waals surface area contributed by atoms with Crippen molar-refractivity contribution in [2.24, 2.45) is 5.73 Å². The summed E-state index contributed by atoms with van der Waals surface area (Å²) in [4.78, 5) is 4.22. The van der Waals surface area contributed by atoms with E-state index < -0.39 is 11.6 Å². The molecule has 0 aliphatic heterocycles. The van der Waals surface area contributed by atoms with Crippen LogP contribution in [0.15, 0.2) is 4.52 Å². The molecule has 1 aromatic rings. The number of methoxy groups -OCH3 is 1. The summed E-state index contributed by atoms with van der Waals surface area (Å²) in [7, 11) is 1.61. The monoisotopic (exact) mass is 223 g/mol. The van der Waals surface area contributed by atoms with Crippen LogP contribution < -0.4 is 5.73 Å². The van der Waals surface area contributed by atoms with Crippen LogP contribution in [0.4, 0.5) is 0 Å². The van der Waals surface area contributed by atoms with E-state index in [-0.39, 0.29) is 0 Å². The van der Waals surface area contributed by atoms with E-state index in [4.69, 9.17) is 21.4 Å². The first-order valence-corrected chi connectivity index (χ1v) is 5.15. The molecule has 0 aliphatic carbocycles. The van der Waals surface area contributed by atoms with Gasteiger partial charge in [0.1, 0.15) is 5.60 Å². The zero-order valence-electron chi connectivity index (χ0n) is 9.86. The third-order valence-electron chi connectivity index (χ3n) is 2.69. The first-order valence-electron chi connectivity index (χ1n) is 5.15. The van der Waals surface area contributed by atoms with Gasteiger partial charge >= 0.3 is 0 Å². The van der Waals surface area contributed by atoms with E-state index in [1.807, 2.05) is 13.8 Å². The maximum absolute atomic E-state index is 5.77. The van der Waals surface area contributed by atoms with E-state index in [0.717, 1.165) is 6.42 Å². The highest BCUT2D eigenvalue weighted by molar-refractivity contribution is 5.03. The van der Waals surface area contributed by atoms with Crippen molar-refractivity contribution in [1.82, 2.24) is 10.1 Å². The van der Waals surface area contributed by atoms with Crippen molar-refractivity contribution < 1.29 is 9.26 Å². The second-order valence-corrected chi connectivity index (χ2v) is 3.76. The molecule has 0 spiro atoms. The Balaban J connectivity index is 2.90. The minimum Gasteiger partial charge on any atom is -0.370 e. The minimum atomic E-state index is -0.544. The zero-order valence-corrected chi connectivity index (χ0v) is 9.86. The van der Waals surface area contributed by atoms with E-state index in [0.29, 0.717) is 18.1 Å². The van der Waals surface area contributed by atoms with Gasteiger partial charge in [0, 0.05) is 13.5 Å². The molecule has 1 heterocycles. The average Bonchev–Trinajstić information content (AvgIpc) is 2.78. The molecule has 0 radical (unpaired) electrons. The Bertz CT molecular complexity index is 377. The molecule has 2 N–H and O–H groups in total. The number of nitrogens with two attached hydrogens (primary N) is 1. The summed E-state index contributed by atoms with van der Waals surface area (Å²) in [5.74, 6) is 3.31. The van der Waals surface area contributed by atoms with Gasteiger partial charge in [-0.3, -0.25) is 0 Å². The first kappa shape index (κ1) is 12.7. The molecule has 0 saturated heterocycles. The van der Waals surface area contributed by atoms with Crippen LogP contribution in [0.5, 0.6) is 0 Å². The van der Waals surface area contributed by atoms with Gasteiger partial charge in [-0.25, -0.2) is 0 Å². The van der Waals surface area contributed by atoms with Gasteiger partial charge in [0.15, 0.2) is 0 Å². The molecule has 0 fully saturated rings. The third kappa shape index (κ3) is 2.40. The molecule has 0 aliphatic rings. The number of rotatable bonds is 5. The van der Waals surface area contributed by atoms with Crippen LogP contribution in [0.3, 0.4) is 0 Å². The summed E-state index contributed by atoms with van der Waals surface area (Å²) in [5.41, 5.74) is 5.22. The lowest BCUT2D eigenvalue weighted by atomic mass is 10.0. The van der Waals surface area contributed by atoms with Gasteiger partial charge in [0.2, 0.25) is 11.7 Å². The summed E-state index contributed by atoms with van der Waals surface area (Å²) in [6.45, 7) is 3.88. The minimum absolute atomic E-state index is 0.352. The fraction of sp³-hybridized carbons (Fsp3) is 0.636. The standard InChI is InChI=1S/C11H17N3O2/c1-5-7-8(12)9-13-10(14-16-9)11(3,6-2)15-4/h1,8H,6-7,12H2,2-4H3. The normalized spacial score (nSPS) is 16.4. The number of terminal acetylenes is 1. The topological polar surface area (TPSA) is 74.2 Å². The molecule has 0 bridgehead atoms. The van der Waals surface area contributed by atoms with E-state index in [9.17, 15) is 0 Å². The molecule has 0 saturated carbocycles. The molecular weight excluding hydrogens is 206 g/mol. The van der Waals surface area contributed by atoms with Gasteiger partial charge < -0.3 is 15.0 Å². The number of ether oxygens (including phenoxy) is 1. The van der Waals surface area contributed by atoms with Crippen LogP contribution in [0.2, 0.25) is 0 Å². The lowest BCUT2D eigenvalue weighted by Crippen LogP contribution is -2.25. The lowest BCUT2D eigenvalue weighted by Gasteiger charge is -2.21. The van der Waals surface area contributed by atoms with Crippen LogP contribution in [0.1, 0.15) is 44.4 Å². The van der Waals surface area contributed by atoms with E-state index >= 15 is 0 Å². The highest BCUT2D eigenvalue weighted by atomic mass is 16.5. The van der Waals surface area contributed by atoms with Crippen LogP contribution in [0.25, 0.3) is 0 Å². The van der Waals surface area contributed by atoms with Crippen molar-refractivity contribution in [2.75, 3.05) is 7.11 Å². The molecule has 2 unspecified atom stereocenters. The summed E-state index contributed by atoms with van der Waals surface area (Å²) < 4.78 is 10.4. The molecule has 0 amide bonds. The molecule has 0 aromatic carbocycles. The smallest absolute Gasteiger partial charge is 0.244 e. The highest BCUT2D eigenvalue weighted by Gasteiger charge is 2.30. The molecule has 88 valence electrons. The summed E-state index contributed by atoms with van der Waals surface area (Å²) >= 11 is 0. The van der Waals surface area contributed by atoms with Crippen molar-refractivity contribution in [2.45, 2.75) is 38.3 Å². The quantitative estimate of drug-likeness (QED) is 0.763. The van der Waals surface area contributed by atoms with Gasteiger partial charge in [-0.2, -0.15) is 4.98 Å². The van der Waals surface area contributed by atoms with Gasteiger partial charge in [0.25, 0.3) is 0 Å². The largest absolute Gasteiger partial charge is 0.370 e. The summed E-state index contributed by atoms with van der Waals surface area (Å²) in [6, 6.07) is -0.413. The number of aromatic nitrogens is 2. The van der Waals surface area contributed by atoms with Crippen molar-refractivity contribution in [3.8, 4) is 12.3 Å². The van der Waals surface area contributed by atoms with Crippen molar-refractivity contribution in [3.05, 3.63) is 11.7 Å². The lowest BCUT2D eigenvalue weighted by molar-refractivity contribution is -0.0106. The van der Waals surface area contributed by atoms with Crippen LogP contribution >= 0.6 is 0 Å². The SMILES string of the molecule is C#CCC(N)c1nc(C(C)(CC)OC)no1. The Morgan fingerprint density at radius 1 is 1.69 bits per heavy atom. The Kier molecular flexibility index (Phi) is 4.05. The van der Waals surface area contributed by atoms with E-state index in [2.05, 4.69) is 16.1 Å². The third-order valence-corrected chi connectivity index (χ3v) is 2.69. The zero-order chi connectivity index (χ0) is 12.2. The highest BCUT2D eigenvalue weighted by Crippen LogP contribution is 2.26. The Morgan fingerprint density at radius 3 is 2.88 bits per heavy atom. The van der Waals surface area contributed by atoms with Crippen molar-refractivity contribution in [1.29, 1.82) is 0 Å². The summed E-state index contributed by atoms with van der Waals surface area (Å²) in [5, 5.41) is 3.87. The second-order valence-electron chi connectivity index (χ2n) is 3.76. The fourth-order valence-electron chi connectivity index (χ4n) is 1.21. The number of hydrogen-bond donors (Lipinski definition) is 1. The Hall–Kier alpha value is -1.38. The van der Waals surface area contributed by atoms with Gasteiger partial charge in [-0.1, -0.05) is 12.1 Å². The second kappa shape index (κ2) is 5.10. The number of hydrogen-bond acceptors (Lipinski definition) is 5. The van der Waals surface area contributed by atoms with Crippen molar-refractivity contribution >= 4 is 0 Å². The van der Waals surface area contributed by atoms with E-state index in [1.165, 1.54) is 0 Å². The fourth-order valence-corrected chi connectivity index (χ4v) is 1.21. The predicted octanol–water partition coefficient (Wildman–Crippen LogP) is 1.36. The van der Waals surface area contributed by atoms with Crippen molar-refractivity contribution in [3.63, 3.8) is 0 Å². The maximum Gasteiger partial charge on any atom is 0.244 e. The van der Waals surface area contributed by atoms with Crippen LogP contribution in [-0.4, -0.2) is 17.3 Å². The van der Waals surface area contributed by atoms with Crippen LogP contribution in [-0.2, 0) is 10.3 Å². The Morgan fingerprint density at radius 2 is 2.38 bits per heavy atom. The molecule has 16 heavy (non-hydrogen) atoms. The first-order chi connectivity index (χ1) is 7.57. The maximum atomic E-state index is 5.77. The molecule has 2 atom stereocenters. The van der Waals surface area contributed by atoms with E-state index in [1.54, 1.807) is 7.11 Å². The number of nitrogens with zero attached hydrogens (tertiary/aromatic N) is 2. The Labute approximate surface area is 95.4 Å². The molecule has 1 rings (SSSR count). The van der Waals surface area contributed by atoms with Gasteiger partial charge in [0.05, 0.1) is 6.04 Å². The summed E-state index contributed by atoms with van der Waals surface area (Å²) in [6.07, 6.45) is 6.28. The van der Waals surface area contributed by atoms with Crippen LogP contribution in [0, 0.1) is 12.3 Å². The molecule has 5 nitrogen and oxygen atoms in total. The predicted molar refractivity (Wildman–Crippen MR) is 59.3 cm³/mol. The molecule has 1 aromatic heterocycles. The molecular formula is C11H17N3O2. The van der Waals surface area contributed by atoms with Gasteiger partial charge in [-0.15, -0.1) is 12.3 Å². The molecule has 5 heteroatoms. The van der Waals surface area contributed by atoms with Gasteiger partial charge in [-0.05, 0) is 13.3 Å².